The standard InChI is InChI=1S/C18H9ClN2O2S/c19-11-5-6-14-16(8-11)24-18-20-13(9-21(14)18)12-7-10-3-1-2-4-15(10)23-17(12)22/h1-9H. The third-order valence-corrected chi connectivity index (χ3v) is 5.23. The van der Waals surface area contributed by atoms with Crippen LogP contribution in [0.15, 0.2) is 63.9 Å². The third kappa shape index (κ3) is 1.99. The topological polar surface area (TPSA) is 47.5 Å². The predicted octanol–water partition coefficient (Wildman–Crippen LogP) is 4.98. The Hall–Kier alpha value is -2.63. The van der Waals surface area contributed by atoms with Crippen molar-refractivity contribution in [1.82, 2.24) is 9.38 Å². The first kappa shape index (κ1) is 13.8. The molecule has 3 aromatic heterocycles. The van der Waals surface area contributed by atoms with Crippen LogP contribution in [0.25, 0.3) is 37.4 Å². The van der Waals surface area contributed by atoms with Gasteiger partial charge >= 0.3 is 5.63 Å². The van der Waals surface area contributed by atoms with Crippen LogP contribution >= 0.6 is 22.9 Å². The molecule has 0 saturated carbocycles. The number of rotatable bonds is 1. The zero-order chi connectivity index (χ0) is 16.3. The van der Waals surface area contributed by atoms with Gasteiger partial charge in [-0.3, -0.25) is 4.40 Å². The van der Waals surface area contributed by atoms with Gasteiger partial charge in [0.15, 0.2) is 4.96 Å². The van der Waals surface area contributed by atoms with Crippen LogP contribution in [0.1, 0.15) is 0 Å². The summed E-state index contributed by atoms with van der Waals surface area (Å²) in [6.45, 7) is 0. The summed E-state index contributed by atoms with van der Waals surface area (Å²) >= 11 is 7.58. The van der Waals surface area contributed by atoms with Crippen molar-refractivity contribution in [2.45, 2.75) is 0 Å². The number of aromatic nitrogens is 2. The first-order chi connectivity index (χ1) is 11.7. The molecule has 6 heteroatoms. The van der Waals surface area contributed by atoms with Crippen LogP contribution in [0.5, 0.6) is 0 Å². The zero-order valence-electron chi connectivity index (χ0n) is 12.2. The monoisotopic (exact) mass is 352 g/mol. The van der Waals surface area contributed by atoms with Gasteiger partial charge in [0.1, 0.15) is 5.58 Å². The molecule has 4 nitrogen and oxygen atoms in total. The second-order valence-electron chi connectivity index (χ2n) is 5.48. The molecule has 3 heterocycles. The lowest BCUT2D eigenvalue weighted by molar-refractivity contribution is 0.563. The Bertz CT molecular complexity index is 1300. The molecule has 0 bridgehead atoms. The number of fused-ring (bicyclic) bond motifs is 4. The fraction of sp³-hybridized carbons (Fsp3) is 0. The fourth-order valence-electron chi connectivity index (χ4n) is 2.85. The number of benzene rings is 2. The van der Waals surface area contributed by atoms with Gasteiger partial charge in [0.2, 0.25) is 0 Å². The lowest BCUT2D eigenvalue weighted by Crippen LogP contribution is -2.02. The predicted molar refractivity (Wildman–Crippen MR) is 97.1 cm³/mol. The van der Waals surface area contributed by atoms with E-state index in [2.05, 4.69) is 4.98 Å². The van der Waals surface area contributed by atoms with E-state index in [4.69, 9.17) is 16.0 Å². The fourth-order valence-corrected chi connectivity index (χ4v) is 4.13. The molecule has 5 rings (SSSR count). The molecular weight excluding hydrogens is 344 g/mol. The van der Waals surface area contributed by atoms with Crippen LogP contribution in [-0.2, 0) is 0 Å². The Labute approximate surface area is 144 Å². The number of nitrogens with zero attached hydrogens (tertiary/aromatic N) is 2. The third-order valence-electron chi connectivity index (χ3n) is 3.97. The second kappa shape index (κ2) is 4.93. The molecule has 0 unspecified atom stereocenters. The summed E-state index contributed by atoms with van der Waals surface area (Å²) in [6, 6.07) is 15.0. The highest BCUT2D eigenvalue weighted by Gasteiger charge is 2.14. The van der Waals surface area contributed by atoms with Crippen molar-refractivity contribution in [2.75, 3.05) is 0 Å². The van der Waals surface area contributed by atoms with E-state index >= 15 is 0 Å². The van der Waals surface area contributed by atoms with Gasteiger partial charge in [-0.05, 0) is 30.3 Å². The van der Waals surface area contributed by atoms with Crippen LogP contribution in [-0.4, -0.2) is 9.38 Å². The van der Waals surface area contributed by atoms with E-state index in [1.165, 1.54) is 11.3 Å². The second-order valence-corrected chi connectivity index (χ2v) is 6.92. The smallest absolute Gasteiger partial charge is 0.345 e. The molecule has 0 saturated heterocycles. The van der Waals surface area contributed by atoms with Crippen molar-refractivity contribution >= 4 is 49.1 Å². The minimum atomic E-state index is -0.383. The van der Waals surface area contributed by atoms with Gasteiger partial charge in [0.05, 0.1) is 21.5 Å². The van der Waals surface area contributed by atoms with Crippen LogP contribution in [0.3, 0.4) is 0 Å². The molecule has 0 aliphatic rings. The quantitative estimate of drug-likeness (QED) is 0.400. The molecule has 0 fully saturated rings. The average Bonchev–Trinajstić information content (AvgIpc) is 3.11. The molecule has 0 spiro atoms. The van der Waals surface area contributed by atoms with Crippen molar-refractivity contribution in [2.24, 2.45) is 0 Å². The number of halogens is 1. The molecule has 0 N–H and O–H groups in total. The zero-order valence-corrected chi connectivity index (χ0v) is 13.8. The number of para-hydroxylation sites is 1. The summed E-state index contributed by atoms with van der Waals surface area (Å²) in [6.07, 6.45) is 1.86. The summed E-state index contributed by atoms with van der Waals surface area (Å²) < 4.78 is 8.43. The van der Waals surface area contributed by atoms with E-state index in [0.29, 0.717) is 21.9 Å². The number of thiazole rings is 1. The summed E-state index contributed by atoms with van der Waals surface area (Å²) in [5.74, 6) is 0. The lowest BCUT2D eigenvalue weighted by Gasteiger charge is -1.99. The van der Waals surface area contributed by atoms with E-state index in [1.807, 2.05) is 53.1 Å². The van der Waals surface area contributed by atoms with Crippen molar-refractivity contribution in [3.05, 3.63) is 70.2 Å². The molecule has 116 valence electrons. The Morgan fingerprint density at radius 2 is 2.00 bits per heavy atom. The van der Waals surface area contributed by atoms with Crippen LogP contribution in [0.4, 0.5) is 0 Å². The van der Waals surface area contributed by atoms with E-state index in [9.17, 15) is 4.79 Å². The Morgan fingerprint density at radius 3 is 2.92 bits per heavy atom. The Balaban J connectivity index is 1.77. The maximum atomic E-state index is 12.3. The molecule has 24 heavy (non-hydrogen) atoms. The molecular formula is C18H9ClN2O2S. The molecule has 2 aromatic carbocycles. The van der Waals surface area contributed by atoms with Crippen LogP contribution in [0.2, 0.25) is 5.02 Å². The maximum absolute atomic E-state index is 12.3. The minimum absolute atomic E-state index is 0.383. The van der Waals surface area contributed by atoms with Crippen LogP contribution in [0, 0.1) is 0 Å². The summed E-state index contributed by atoms with van der Waals surface area (Å²) in [7, 11) is 0. The molecule has 0 aliphatic heterocycles. The summed E-state index contributed by atoms with van der Waals surface area (Å²) in [4.78, 5) is 17.7. The van der Waals surface area contributed by atoms with E-state index in [0.717, 1.165) is 20.6 Å². The normalized spacial score (nSPS) is 11.7. The van der Waals surface area contributed by atoms with Gasteiger partial charge in [-0.2, -0.15) is 0 Å². The Kier molecular flexibility index (Phi) is 2.83. The summed E-state index contributed by atoms with van der Waals surface area (Å²) in [5.41, 5.74) is 2.28. The minimum Gasteiger partial charge on any atom is -0.422 e. The van der Waals surface area contributed by atoms with Gasteiger partial charge in [0.25, 0.3) is 0 Å². The highest BCUT2D eigenvalue weighted by atomic mass is 35.5. The van der Waals surface area contributed by atoms with Crippen molar-refractivity contribution in [1.29, 1.82) is 0 Å². The molecule has 0 amide bonds. The number of hydrogen-bond donors (Lipinski definition) is 0. The molecule has 0 aliphatic carbocycles. The van der Waals surface area contributed by atoms with Crippen LogP contribution < -0.4 is 5.63 Å². The lowest BCUT2D eigenvalue weighted by atomic mass is 10.1. The van der Waals surface area contributed by atoms with E-state index < -0.39 is 0 Å². The van der Waals surface area contributed by atoms with E-state index in [-0.39, 0.29) is 5.63 Å². The average molecular weight is 353 g/mol. The SMILES string of the molecule is O=c1oc2ccccc2cc1-c1cn2c(n1)sc1cc(Cl)ccc12. The van der Waals surface area contributed by atoms with Gasteiger partial charge in [0, 0.05) is 16.6 Å². The van der Waals surface area contributed by atoms with E-state index in [1.54, 1.807) is 6.07 Å². The van der Waals surface area contributed by atoms with Crippen molar-refractivity contribution < 1.29 is 4.42 Å². The largest absolute Gasteiger partial charge is 0.422 e. The molecule has 0 radical (unpaired) electrons. The van der Waals surface area contributed by atoms with Gasteiger partial charge in [-0.25, -0.2) is 9.78 Å². The van der Waals surface area contributed by atoms with Gasteiger partial charge in [-0.15, -0.1) is 0 Å². The van der Waals surface area contributed by atoms with Crippen molar-refractivity contribution in [3.63, 3.8) is 0 Å². The van der Waals surface area contributed by atoms with Gasteiger partial charge < -0.3 is 4.42 Å². The highest BCUT2D eigenvalue weighted by molar-refractivity contribution is 7.23. The summed E-state index contributed by atoms with van der Waals surface area (Å²) in [5, 5.41) is 1.57. The molecule has 0 atom stereocenters. The Morgan fingerprint density at radius 1 is 1.12 bits per heavy atom. The number of hydrogen-bond acceptors (Lipinski definition) is 4. The maximum Gasteiger partial charge on any atom is 0.345 e. The van der Waals surface area contributed by atoms with Crippen molar-refractivity contribution in [3.8, 4) is 11.3 Å². The number of imidazole rings is 1. The first-order valence-corrected chi connectivity index (χ1v) is 8.49. The highest BCUT2D eigenvalue weighted by Crippen LogP contribution is 2.31. The van der Waals surface area contributed by atoms with Gasteiger partial charge in [-0.1, -0.05) is 41.1 Å². The molecule has 5 aromatic rings. The first-order valence-electron chi connectivity index (χ1n) is 7.29.